The number of carbonyl (C=O) groups is 3. The number of para-hydroxylation sites is 2. The molecule has 3 amide bonds. The van der Waals surface area contributed by atoms with Crippen molar-refractivity contribution in [3.8, 4) is 23.0 Å². The van der Waals surface area contributed by atoms with Gasteiger partial charge in [0.25, 0.3) is 5.91 Å². The molecule has 10 nitrogen and oxygen atoms in total. The maximum atomic E-state index is 12.3. The summed E-state index contributed by atoms with van der Waals surface area (Å²) in [5, 5.41) is 4.55. The minimum absolute atomic E-state index is 0.106. The second kappa shape index (κ2) is 8.19. The number of anilines is 1. The van der Waals surface area contributed by atoms with Crippen LogP contribution in [0.4, 0.5) is 10.5 Å². The van der Waals surface area contributed by atoms with Gasteiger partial charge in [-0.1, -0.05) is 12.1 Å². The predicted octanol–water partition coefficient (Wildman–Crippen LogP) is 1.84. The third kappa shape index (κ3) is 4.22. The minimum atomic E-state index is -1.03. The molecule has 0 unspecified atom stereocenters. The molecule has 2 aliphatic rings. The van der Waals surface area contributed by atoms with Crippen LogP contribution in [0.15, 0.2) is 42.5 Å². The maximum Gasteiger partial charge on any atom is 0.351 e. The van der Waals surface area contributed by atoms with Crippen LogP contribution in [-0.2, 0) is 14.3 Å². The summed E-state index contributed by atoms with van der Waals surface area (Å²) >= 11 is 0. The first-order valence-corrected chi connectivity index (χ1v) is 9.09. The lowest BCUT2D eigenvalue weighted by molar-refractivity contribution is -0.160. The molecule has 0 saturated carbocycles. The van der Waals surface area contributed by atoms with E-state index in [9.17, 15) is 14.4 Å². The second-order valence-corrected chi connectivity index (χ2v) is 6.49. The lowest BCUT2D eigenvalue weighted by atomic mass is 10.2. The van der Waals surface area contributed by atoms with Crippen LogP contribution in [0.1, 0.15) is 6.92 Å². The molecule has 2 heterocycles. The monoisotopic (exact) mass is 414 g/mol. The molecule has 10 heteroatoms. The van der Waals surface area contributed by atoms with Crippen LogP contribution in [0.25, 0.3) is 0 Å². The standard InChI is InChI=1S/C20H18N2O8/c1-11-18(30-15-5-3-2-4-14(15)29-11)19(24)26-9-17(23)22-20(25)21-12-6-7-13-16(8-12)28-10-27-13/h2-8,11,18H,9-10H2,1H3,(H2,21,22,23,25)/t11-,18-/m0/s1. The SMILES string of the molecule is C[C@@H]1Oc2ccccc2O[C@@H]1C(=O)OCC(=O)NC(=O)Nc1ccc2c(c1)OCO2. The predicted molar refractivity (Wildman–Crippen MR) is 102 cm³/mol. The van der Waals surface area contributed by atoms with Crippen LogP contribution >= 0.6 is 0 Å². The molecule has 0 bridgehead atoms. The van der Waals surface area contributed by atoms with Gasteiger partial charge in [0, 0.05) is 11.8 Å². The van der Waals surface area contributed by atoms with Crippen molar-refractivity contribution in [3.63, 3.8) is 0 Å². The second-order valence-electron chi connectivity index (χ2n) is 6.49. The number of hydrogen-bond donors (Lipinski definition) is 2. The van der Waals surface area contributed by atoms with Gasteiger partial charge < -0.3 is 29.0 Å². The van der Waals surface area contributed by atoms with Gasteiger partial charge in [-0.25, -0.2) is 9.59 Å². The highest BCUT2D eigenvalue weighted by Gasteiger charge is 2.35. The first kappa shape index (κ1) is 19.4. The third-order valence-corrected chi connectivity index (χ3v) is 4.30. The largest absolute Gasteiger partial charge is 0.482 e. The van der Waals surface area contributed by atoms with E-state index in [0.29, 0.717) is 28.7 Å². The molecule has 0 aromatic heterocycles. The minimum Gasteiger partial charge on any atom is -0.482 e. The number of hydrogen-bond acceptors (Lipinski definition) is 8. The fraction of sp³-hybridized carbons (Fsp3) is 0.250. The van der Waals surface area contributed by atoms with Gasteiger partial charge >= 0.3 is 12.0 Å². The summed E-state index contributed by atoms with van der Waals surface area (Å²) in [6, 6.07) is 10.9. The van der Waals surface area contributed by atoms with Crippen LogP contribution in [0.3, 0.4) is 0 Å². The number of amides is 3. The Morgan fingerprint density at radius 1 is 1.00 bits per heavy atom. The average Bonchev–Trinajstić information content (AvgIpc) is 3.19. The van der Waals surface area contributed by atoms with Gasteiger partial charge in [-0.15, -0.1) is 0 Å². The highest BCUT2D eigenvalue weighted by molar-refractivity contribution is 6.02. The number of fused-ring (bicyclic) bond motifs is 2. The van der Waals surface area contributed by atoms with Gasteiger partial charge in [0.2, 0.25) is 12.9 Å². The number of imide groups is 1. The van der Waals surface area contributed by atoms with Crippen molar-refractivity contribution in [2.24, 2.45) is 0 Å². The Bertz CT molecular complexity index is 993. The van der Waals surface area contributed by atoms with Crippen molar-refractivity contribution >= 4 is 23.6 Å². The molecule has 156 valence electrons. The zero-order chi connectivity index (χ0) is 21.1. The molecule has 0 aliphatic carbocycles. The highest BCUT2D eigenvalue weighted by atomic mass is 16.7. The summed E-state index contributed by atoms with van der Waals surface area (Å²) in [6.45, 7) is 1.11. The van der Waals surface area contributed by atoms with Gasteiger partial charge in [0.15, 0.2) is 29.6 Å². The maximum absolute atomic E-state index is 12.3. The van der Waals surface area contributed by atoms with Crippen LogP contribution in [-0.4, -0.2) is 43.5 Å². The van der Waals surface area contributed by atoms with Gasteiger partial charge in [0.1, 0.15) is 6.10 Å². The highest BCUT2D eigenvalue weighted by Crippen LogP contribution is 2.34. The van der Waals surface area contributed by atoms with E-state index in [1.165, 1.54) is 0 Å². The van der Waals surface area contributed by atoms with Crippen molar-refractivity contribution in [2.75, 3.05) is 18.7 Å². The number of urea groups is 1. The number of ether oxygens (including phenoxy) is 5. The molecule has 2 atom stereocenters. The third-order valence-electron chi connectivity index (χ3n) is 4.30. The van der Waals surface area contributed by atoms with Gasteiger partial charge in [-0.3, -0.25) is 10.1 Å². The zero-order valence-electron chi connectivity index (χ0n) is 15.9. The van der Waals surface area contributed by atoms with E-state index in [1.54, 1.807) is 49.4 Å². The molecule has 0 fully saturated rings. The van der Waals surface area contributed by atoms with Gasteiger partial charge in [-0.05, 0) is 31.2 Å². The summed E-state index contributed by atoms with van der Waals surface area (Å²) in [5.74, 6) is 0.403. The van der Waals surface area contributed by atoms with Gasteiger partial charge in [0.05, 0.1) is 0 Å². The fourth-order valence-electron chi connectivity index (χ4n) is 2.90. The topological polar surface area (TPSA) is 121 Å². The van der Waals surface area contributed by atoms with Crippen molar-refractivity contribution in [3.05, 3.63) is 42.5 Å². The van der Waals surface area contributed by atoms with E-state index >= 15 is 0 Å². The summed E-state index contributed by atoms with van der Waals surface area (Å²) in [5.41, 5.74) is 0.404. The van der Waals surface area contributed by atoms with Crippen molar-refractivity contribution in [2.45, 2.75) is 19.1 Å². The van der Waals surface area contributed by atoms with E-state index in [-0.39, 0.29) is 6.79 Å². The van der Waals surface area contributed by atoms with E-state index in [0.717, 1.165) is 0 Å². The first-order chi connectivity index (χ1) is 14.5. The molecule has 2 N–H and O–H groups in total. The summed E-state index contributed by atoms with van der Waals surface area (Å²) < 4.78 is 26.6. The summed E-state index contributed by atoms with van der Waals surface area (Å²) in [7, 11) is 0. The molecule has 2 aliphatic heterocycles. The van der Waals surface area contributed by atoms with E-state index in [2.05, 4.69) is 10.6 Å². The lowest BCUT2D eigenvalue weighted by Crippen LogP contribution is -2.45. The molecule has 0 spiro atoms. The van der Waals surface area contributed by atoms with Crippen LogP contribution < -0.4 is 29.6 Å². The normalized spacial score (nSPS) is 18.3. The van der Waals surface area contributed by atoms with E-state index < -0.39 is 36.7 Å². The molecule has 30 heavy (non-hydrogen) atoms. The Morgan fingerprint density at radius 3 is 2.53 bits per heavy atom. The first-order valence-electron chi connectivity index (χ1n) is 9.09. The number of esters is 1. The zero-order valence-corrected chi connectivity index (χ0v) is 15.9. The van der Waals surface area contributed by atoms with E-state index in [1.807, 2.05) is 0 Å². The number of benzene rings is 2. The van der Waals surface area contributed by atoms with Crippen molar-refractivity contribution in [1.82, 2.24) is 5.32 Å². The van der Waals surface area contributed by atoms with Crippen LogP contribution in [0.2, 0.25) is 0 Å². The number of rotatable bonds is 4. The Labute approximate surface area is 171 Å². The van der Waals surface area contributed by atoms with Crippen molar-refractivity contribution in [1.29, 1.82) is 0 Å². The molecule has 0 saturated heterocycles. The molecule has 4 rings (SSSR count). The molecular weight excluding hydrogens is 396 g/mol. The lowest BCUT2D eigenvalue weighted by Gasteiger charge is -2.30. The van der Waals surface area contributed by atoms with Crippen molar-refractivity contribution < 1.29 is 38.1 Å². The smallest absolute Gasteiger partial charge is 0.351 e. The summed E-state index contributed by atoms with van der Waals surface area (Å²) in [6.07, 6.45) is -1.64. The molecular formula is C20H18N2O8. The molecule has 2 aromatic rings. The average molecular weight is 414 g/mol. The fourth-order valence-corrected chi connectivity index (χ4v) is 2.90. The molecule has 2 aromatic carbocycles. The Morgan fingerprint density at radius 2 is 1.73 bits per heavy atom. The quantitative estimate of drug-likeness (QED) is 0.727. The Balaban J connectivity index is 1.25. The van der Waals surface area contributed by atoms with Crippen LogP contribution in [0.5, 0.6) is 23.0 Å². The van der Waals surface area contributed by atoms with Crippen LogP contribution in [0, 0.1) is 0 Å². The Kier molecular flexibility index (Phi) is 5.29. The van der Waals surface area contributed by atoms with Gasteiger partial charge in [-0.2, -0.15) is 0 Å². The number of carbonyl (C=O) groups excluding carboxylic acids is 3. The Hall–Kier alpha value is -3.95. The number of nitrogens with one attached hydrogen (secondary N) is 2. The molecule has 0 radical (unpaired) electrons. The summed E-state index contributed by atoms with van der Waals surface area (Å²) in [4.78, 5) is 36.2. The van der Waals surface area contributed by atoms with E-state index in [4.69, 9.17) is 23.7 Å².